The first kappa shape index (κ1) is 14.1. The number of thioether (sulfide) groups is 1. The number of hydrogen-bond donors (Lipinski definition) is 1. The third-order valence-electron chi connectivity index (χ3n) is 2.89. The van der Waals surface area contributed by atoms with E-state index in [2.05, 4.69) is 6.92 Å². The molecule has 2 rings (SSSR count). The summed E-state index contributed by atoms with van der Waals surface area (Å²) in [5, 5.41) is 10.2. The molecule has 19 heavy (non-hydrogen) atoms. The highest BCUT2D eigenvalue weighted by atomic mass is 32.2. The number of aliphatic hydroxyl groups excluding tert-OH is 1. The minimum atomic E-state index is -0.595. The van der Waals surface area contributed by atoms with Crippen molar-refractivity contribution in [3.63, 3.8) is 0 Å². The Kier molecular flexibility index (Phi) is 5.00. The highest BCUT2D eigenvalue weighted by Crippen LogP contribution is 2.23. The van der Waals surface area contributed by atoms with E-state index in [-0.39, 0.29) is 5.82 Å². The fraction of sp³-hybridized carbons (Fsp3) is 0.250. The Morgan fingerprint density at radius 2 is 1.89 bits per heavy atom. The number of rotatable bonds is 5. The molecule has 0 aliphatic heterocycles. The molecule has 0 aliphatic carbocycles. The Morgan fingerprint density at radius 1 is 1.16 bits per heavy atom. The molecule has 1 nitrogen and oxygen atoms in total. The van der Waals surface area contributed by atoms with Crippen molar-refractivity contribution in [2.45, 2.75) is 24.3 Å². The van der Waals surface area contributed by atoms with E-state index in [1.54, 1.807) is 17.8 Å². The van der Waals surface area contributed by atoms with Crippen molar-refractivity contribution in [2.75, 3.05) is 5.75 Å². The van der Waals surface area contributed by atoms with Crippen LogP contribution in [0.25, 0.3) is 0 Å². The average Bonchev–Trinajstić information content (AvgIpc) is 2.40. The molecule has 1 unspecified atom stereocenters. The zero-order valence-electron chi connectivity index (χ0n) is 10.8. The van der Waals surface area contributed by atoms with Gasteiger partial charge in [0.15, 0.2) is 0 Å². The number of halogens is 1. The summed E-state index contributed by atoms with van der Waals surface area (Å²) >= 11 is 1.77. The molecule has 0 bridgehead atoms. The summed E-state index contributed by atoms with van der Waals surface area (Å²) in [4.78, 5) is 1.20. The standard InChI is InChI=1S/C16H17FOS/c1-2-19-15-8-6-13(7-9-15)16(18)11-12-4-3-5-14(17)10-12/h3-10,16,18H,2,11H2,1H3. The highest BCUT2D eigenvalue weighted by molar-refractivity contribution is 7.99. The maximum absolute atomic E-state index is 13.1. The first-order chi connectivity index (χ1) is 9.19. The molecule has 0 saturated heterocycles. The van der Waals surface area contributed by atoms with Crippen LogP contribution >= 0.6 is 11.8 Å². The van der Waals surface area contributed by atoms with Crippen molar-refractivity contribution in [2.24, 2.45) is 0 Å². The largest absolute Gasteiger partial charge is 0.388 e. The molecule has 0 spiro atoms. The molecule has 0 aliphatic rings. The monoisotopic (exact) mass is 276 g/mol. The summed E-state index contributed by atoms with van der Waals surface area (Å²) in [5.41, 5.74) is 1.67. The van der Waals surface area contributed by atoms with Crippen LogP contribution in [-0.4, -0.2) is 10.9 Å². The Labute approximate surface area is 117 Å². The van der Waals surface area contributed by atoms with E-state index in [4.69, 9.17) is 0 Å². The van der Waals surface area contributed by atoms with Gasteiger partial charge in [-0.05, 0) is 41.1 Å². The summed E-state index contributed by atoms with van der Waals surface area (Å²) in [6, 6.07) is 14.3. The van der Waals surface area contributed by atoms with Crippen molar-refractivity contribution in [3.8, 4) is 0 Å². The van der Waals surface area contributed by atoms with Crippen LogP contribution in [0, 0.1) is 5.82 Å². The van der Waals surface area contributed by atoms with E-state index in [0.717, 1.165) is 16.9 Å². The van der Waals surface area contributed by atoms with Crippen LogP contribution in [0.4, 0.5) is 4.39 Å². The lowest BCUT2D eigenvalue weighted by Gasteiger charge is -2.11. The minimum absolute atomic E-state index is 0.264. The van der Waals surface area contributed by atoms with Gasteiger partial charge in [-0.3, -0.25) is 0 Å². The van der Waals surface area contributed by atoms with E-state index in [0.29, 0.717) is 6.42 Å². The van der Waals surface area contributed by atoms with Gasteiger partial charge in [0.1, 0.15) is 5.82 Å². The molecular formula is C16H17FOS. The van der Waals surface area contributed by atoms with E-state index < -0.39 is 6.10 Å². The van der Waals surface area contributed by atoms with Crippen LogP contribution in [0.5, 0.6) is 0 Å². The number of aliphatic hydroxyl groups is 1. The maximum Gasteiger partial charge on any atom is 0.123 e. The fourth-order valence-electron chi connectivity index (χ4n) is 1.96. The lowest BCUT2D eigenvalue weighted by atomic mass is 10.0. The Hall–Kier alpha value is -1.32. The third kappa shape index (κ3) is 4.08. The molecule has 1 atom stereocenters. The number of benzene rings is 2. The van der Waals surface area contributed by atoms with Gasteiger partial charge in [0.2, 0.25) is 0 Å². The Balaban J connectivity index is 2.05. The van der Waals surface area contributed by atoms with E-state index in [1.165, 1.54) is 17.0 Å². The predicted molar refractivity (Wildman–Crippen MR) is 77.9 cm³/mol. The Morgan fingerprint density at radius 3 is 2.53 bits per heavy atom. The van der Waals surface area contributed by atoms with Gasteiger partial charge in [-0.1, -0.05) is 31.2 Å². The normalized spacial score (nSPS) is 12.4. The summed E-state index contributed by atoms with van der Waals surface area (Å²) in [6.07, 6.45) is -0.166. The van der Waals surface area contributed by atoms with Gasteiger partial charge in [-0.15, -0.1) is 11.8 Å². The van der Waals surface area contributed by atoms with E-state index in [9.17, 15) is 9.50 Å². The minimum Gasteiger partial charge on any atom is -0.388 e. The second kappa shape index (κ2) is 6.73. The van der Waals surface area contributed by atoms with Gasteiger partial charge < -0.3 is 5.11 Å². The number of hydrogen-bond acceptors (Lipinski definition) is 2. The molecule has 100 valence electrons. The van der Waals surface area contributed by atoms with Crippen LogP contribution in [-0.2, 0) is 6.42 Å². The van der Waals surface area contributed by atoms with Crippen molar-refractivity contribution >= 4 is 11.8 Å². The maximum atomic E-state index is 13.1. The van der Waals surface area contributed by atoms with Gasteiger partial charge >= 0.3 is 0 Å². The Bertz CT molecular complexity index is 525. The van der Waals surface area contributed by atoms with Gasteiger partial charge in [-0.25, -0.2) is 4.39 Å². The third-order valence-corrected chi connectivity index (χ3v) is 3.79. The van der Waals surface area contributed by atoms with Gasteiger partial charge in [0.05, 0.1) is 6.10 Å². The molecule has 0 saturated carbocycles. The second-order valence-electron chi connectivity index (χ2n) is 4.35. The van der Waals surface area contributed by atoms with Gasteiger partial charge in [0.25, 0.3) is 0 Å². The van der Waals surface area contributed by atoms with Crippen LogP contribution in [0.2, 0.25) is 0 Å². The van der Waals surface area contributed by atoms with Gasteiger partial charge in [0, 0.05) is 11.3 Å². The highest BCUT2D eigenvalue weighted by Gasteiger charge is 2.09. The molecule has 0 heterocycles. The molecule has 1 N–H and O–H groups in total. The summed E-state index contributed by atoms with van der Waals surface area (Å²) in [7, 11) is 0. The summed E-state index contributed by atoms with van der Waals surface area (Å²) in [5.74, 6) is 0.768. The lowest BCUT2D eigenvalue weighted by molar-refractivity contribution is 0.178. The topological polar surface area (TPSA) is 20.2 Å². The molecular weight excluding hydrogens is 259 g/mol. The predicted octanol–water partition coefficient (Wildman–Crippen LogP) is 4.21. The summed E-state index contributed by atoms with van der Waals surface area (Å²) < 4.78 is 13.1. The van der Waals surface area contributed by atoms with Crippen molar-refractivity contribution in [1.29, 1.82) is 0 Å². The van der Waals surface area contributed by atoms with Crippen molar-refractivity contribution < 1.29 is 9.50 Å². The quantitative estimate of drug-likeness (QED) is 0.825. The lowest BCUT2D eigenvalue weighted by Crippen LogP contribution is -2.01. The SMILES string of the molecule is CCSc1ccc(C(O)Cc2cccc(F)c2)cc1. The van der Waals surface area contributed by atoms with Crippen LogP contribution in [0.15, 0.2) is 53.4 Å². The van der Waals surface area contributed by atoms with Crippen LogP contribution in [0.3, 0.4) is 0 Å². The molecule has 0 radical (unpaired) electrons. The molecule has 3 heteroatoms. The fourth-order valence-corrected chi connectivity index (χ4v) is 2.62. The molecule has 0 fully saturated rings. The van der Waals surface area contributed by atoms with Crippen molar-refractivity contribution in [3.05, 3.63) is 65.5 Å². The molecule has 0 amide bonds. The summed E-state index contributed by atoms with van der Waals surface area (Å²) in [6.45, 7) is 2.11. The van der Waals surface area contributed by atoms with Crippen LogP contribution < -0.4 is 0 Å². The molecule has 2 aromatic rings. The average molecular weight is 276 g/mol. The zero-order valence-corrected chi connectivity index (χ0v) is 11.7. The van der Waals surface area contributed by atoms with Crippen molar-refractivity contribution in [1.82, 2.24) is 0 Å². The zero-order chi connectivity index (χ0) is 13.7. The van der Waals surface area contributed by atoms with E-state index in [1.807, 2.05) is 30.3 Å². The first-order valence-corrected chi connectivity index (χ1v) is 7.33. The van der Waals surface area contributed by atoms with Gasteiger partial charge in [-0.2, -0.15) is 0 Å². The first-order valence-electron chi connectivity index (χ1n) is 6.34. The second-order valence-corrected chi connectivity index (χ2v) is 5.69. The van der Waals surface area contributed by atoms with E-state index >= 15 is 0 Å². The smallest absolute Gasteiger partial charge is 0.123 e. The molecule has 0 aromatic heterocycles. The van der Waals surface area contributed by atoms with Crippen LogP contribution in [0.1, 0.15) is 24.2 Å². The molecule has 2 aromatic carbocycles.